The third-order valence-corrected chi connectivity index (χ3v) is 4.62. The normalized spacial score (nSPS) is 17.2. The van der Waals surface area contributed by atoms with Crippen LogP contribution < -0.4 is 10.2 Å². The molecule has 1 heterocycles. The molecule has 24 heavy (non-hydrogen) atoms. The Hall–Kier alpha value is -2.33. The Bertz CT molecular complexity index is 786. The van der Waals surface area contributed by atoms with E-state index in [-0.39, 0.29) is 17.9 Å². The van der Waals surface area contributed by atoms with Crippen molar-refractivity contribution in [2.45, 2.75) is 26.3 Å². The van der Waals surface area contributed by atoms with Crippen molar-refractivity contribution in [1.82, 2.24) is 5.32 Å². The van der Waals surface area contributed by atoms with E-state index in [1.165, 1.54) is 0 Å². The molecule has 0 aliphatic carbocycles. The van der Waals surface area contributed by atoms with Crippen LogP contribution in [0.3, 0.4) is 0 Å². The number of nitrogens with one attached hydrogen (secondary N) is 1. The highest BCUT2D eigenvalue weighted by Gasteiger charge is 2.31. The van der Waals surface area contributed by atoms with Gasteiger partial charge in [0.15, 0.2) is 0 Å². The average Bonchev–Trinajstić information content (AvgIpc) is 2.91. The van der Waals surface area contributed by atoms with Gasteiger partial charge in [-0.25, -0.2) is 0 Å². The van der Waals surface area contributed by atoms with Gasteiger partial charge in [-0.3, -0.25) is 9.59 Å². The number of benzene rings is 2. The van der Waals surface area contributed by atoms with Gasteiger partial charge in [0.1, 0.15) is 0 Å². The summed E-state index contributed by atoms with van der Waals surface area (Å²) in [6.07, 6.45) is 0.305. The van der Waals surface area contributed by atoms with E-state index >= 15 is 0 Å². The van der Waals surface area contributed by atoms with Crippen LogP contribution in [0.1, 0.15) is 27.9 Å². The van der Waals surface area contributed by atoms with Crippen LogP contribution in [-0.4, -0.2) is 24.4 Å². The van der Waals surface area contributed by atoms with Gasteiger partial charge in [0.2, 0.25) is 5.91 Å². The van der Waals surface area contributed by atoms with E-state index in [1.54, 1.807) is 17.0 Å². The third kappa shape index (κ3) is 3.44. The van der Waals surface area contributed by atoms with Gasteiger partial charge in [-0.15, -0.1) is 0 Å². The summed E-state index contributed by atoms with van der Waals surface area (Å²) >= 11 is 5.88. The minimum absolute atomic E-state index is 0.00251. The molecule has 2 aromatic rings. The van der Waals surface area contributed by atoms with Crippen molar-refractivity contribution < 1.29 is 9.59 Å². The van der Waals surface area contributed by atoms with Gasteiger partial charge in [-0.1, -0.05) is 17.7 Å². The summed E-state index contributed by atoms with van der Waals surface area (Å²) in [5.74, 6) is -0.142. The first kappa shape index (κ1) is 16.5. The lowest BCUT2D eigenvalue weighted by Gasteiger charge is -2.17. The summed E-state index contributed by atoms with van der Waals surface area (Å²) in [4.78, 5) is 26.3. The first-order chi connectivity index (χ1) is 11.4. The number of nitrogens with zero attached hydrogens (tertiary/aromatic N) is 1. The molecule has 1 atom stereocenters. The quantitative estimate of drug-likeness (QED) is 0.928. The molecule has 1 saturated heterocycles. The van der Waals surface area contributed by atoms with Crippen molar-refractivity contribution in [1.29, 1.82) is 0 Å². The summed E-state index contributed by atoms with van der Waals surface area (Å²) < 4.78 is 0. The number of amides is 2. The minimum Gasteiger partial charge on any atom is -0.347 e. The van der Waals surface area contributed by atoms with E-state index in [4.69, 9.17) is 11.6 Å². The number of anilines is 1. The Morgan fingerprint density at radius 2 is 1.83 bits per heavy atom. The summed E-state index contributed by atoms with van der Waals surface area (Å²) in [7, 11) is 0. The van der Waals surface area contributed by atoms with Crippen molar-refractivity contribution in [3.63, 3.8) is 0 Å². The standard InChI is InChI=1S/C19H19ClN2O2/c1-12-3-4-14(9-13(12)2)19(24)21-16-10-18(23)22(11-16)17-7-5-15(20)6-8-17/h3-9,16H,10-11H2,1-2H3,(H,21,24)/t16-/m0/s1. The van der Waals surface area contributed by atoms with Crippen molar-refractivity contribution in [2.75, 3.05) is 11.4 Å². The number of aryl methyl sites for hydroxylation is 2. The SMILES string of the molecule is Cc1ccc(C(=O)N[C@H]2CC(=O)N(c3ccc(Cl)cc3)C2)cc1C. The van der Waals surface area contributed by atoms with Crippen molar-refractivity contribution in [3.05, 3.63) is 64.2 Å². The van der Waals surface area contributed by atoms with Gasteiger partial charge in [-0.05, 0) is 61.4 Å². The predicted molar refractivity (Wildman–Crippen MR) is 95.6 cm³/mol. The molecule has 2 aromatic carbocycles. The van der Waals surface area contributed by atoms with Crippen LogP contribution in [0.2, 0.25) is 5.02 Å². The lowest BCUT2D eigenvalue weighted by Crippen LogP contribution is -2.37. The van der Waals surface area contributed by atoms with Gasteiger partial charge in [-0.2, -0.15) is 0 Å². The zero-order valence-electron chi connectivity index (χ0n) is 13.7. The number of carbonyl (C=O) groups is 2. The van der Waals surface area contributed by atoms with E-state index in [1.807, 2.05) is 44.2 Å². The van der Waals surface area contributed by atoms with E-state index in [2.05, 4.69) is 5.32 Å². The molecule has 0 saturated carbocycles. The summed E-state index contributed by atoms with van der Waals surface area (Å²) in [5.41, 5.74) is 3.65. The maximum absolute atomic E-state index is 12.4. The second-order valence-corrected chi connectivity index (χ2v) is 6.59. The molecule has 1 N–H and O–H groups in total. The molecule has 2 amide bonds. The average molecular weight is 343 g/mol. The molecule has 0 spiro atoms. The largest absolute Gasteiger partial charge is 0.347 e. The Balaban J connectivity index is 1.68. The number of hydrogen-bond donors (Lipinski definition) is 1. The molecule has 4 nitrogen and oxygen atoms in total. The highest BCUT2D eigenvalue weighted by Crippen LogP contribution is 2.23. The van der Waals surface area contributed by atoms with Crippen molar-refractivity contribution in [2.24, 2.45) is 0 Å². The lowest BCUT2D eigenvalue weighted by molar-refractivity contribution is -0.117. The maximum Gasteiger partial charge on any atom is 0.251 e. The maximum atomic E-state index is 12.4. The first-order valence-corrected chi connectivity index (χ1v) is 8.26. The Morgan fingerprint density at radius 3 is 2.50 bits per heavy atom. The highest BCUT2D eigenvalue weighted by molar-refractivity contribution is 6.30. The number of hydrogen-bond acceptors (Lipinski definition) is 2. The molecule has 0 unspecified atom stereocenters. The van der Waals surface area contributed by atoms with Crippen LogP contribution in [0, 0.1) is 13.8 Å². The Morgan fingerprint density at radius 1 is 1.12 bits per heavy atom. The molecule has 3 rings (SSSR count). The molecule has 124 valence electrons. The fraction of sp³-hybridized carbons (Fsp3) is 0.263. The Kier molecular flexibility index (Phi) is 4.58. The van der Waals surface area contributed by atoms with Gasteiger partial charge < -0.3 is 10.2 Å². The van der Waals surface area contributed by atoms with Crippen LogP contribution in [0.4, 0.5) is 5.69 Å². The summed E-state index contributed by atoms with van der Waals surface area (Å²) in [5, 5.41) is 3.59. The molecular formula is C19H19ClN2O2. The van der Waals surface area contributed by atoms with Crippen LogP contribution in [0.5, 0.6) is 0 Å². The molecule has 0 aromatic heterocycles. The fourth-order valence-corrected chi connectivity index (χ4v) is 2.95. The smallest absolute Gasteiger partial charge is 0.251 e. The zero-order chi connectivity index (χ0) is 17.3. The van der Waals surface area contributed by atoms with Gasteiger partial charge in [0, 0.05) is 29.2 Å². The van der Waals surface area contributed by atoms with E-state index < -0.39 is 0 Å². The van der Waals surface area contributed by atoms with E-state index in [0.29, 0.717) is 23.6 Å². The van der Waals surface area contributed by atoms with Gasteiger partial charge in [0.05, 0.1) is 6.04 Å². The molecular weight excluding hydrogens is 324 g/mol. The molecule has 1 aliphatic rings. The third-order valence-electron chi connectivity index (χ3n) is 4.37. The molecule has 0 radical (unpaired) electrons. The zero-order valence-corrected chi connectivity index (χ0v) is 14.4. The summed E-state index contributed by atoms with van der Waals surface area (Å²) in [6, 6.07) is 12.6. The minimum atomic E-state index is -0.192. The van der Waals surface area contributed by atoms with Gasteiger partial charge in [0.25, 0.3) is 5.91 Å². The topological polar surface area (TPSA) is 49.4 Å². The number of rotatable bonds is 3. The van der Waals surface area contributed by atoms with Gasteiger partial charge >= 0.3 is 0 Å². The Labute approximate surface area is 146 Å². The second-order valence-electron chi connectivity index (χ2n) is 6.15. The van der Waals surface area contributed by atoms with Crippen LogP contribution in [0.25, 0.3) is 0 Å². The van der Waals surface area contributed by atoms with Crippen molar-refractivity contribution >= 4 is 29.1 Å². The highest BCUT2D eigenvalue weighted by atomic mass is 35.5. The second kappa shape index (κ2) is 6.65. The predicted octanol–water partition coefficient (Wildman–Crippen LogP) is 3.49. The van der Waals surface area contributed by atoms with Crippen LogP contribution in [-0.2, 0) is 4.79 Å². The lowest BCUT2D eigenvalue weighted by atomic mass is 10.1. The number of carbonyl (C=O) groups excluding carboxylic acids is 2. The first-order valence-electron chi connectivity index (χ1n) is 7.88. The van der Waals surface area contributed by atoms with Crippen molar-refractivity contribution in [3.8, 4) is 0 Å². The molecule has 1 fully saturated rings. The van der Waals surface area contributed by atoms with E-state index in [9.17, 15) is 9.59 Å². The molecule has 1 aliphatic heterocycles. The number of halogens is 1. The van der Waals surface area contributed by atoms with Crippen LogP contribution >= 0.6 is 11.6 Å². The van der Waals surface area contributed by atoms with E-state index in [0.717, 1.165) is 16.8 Å². The monoisotopic (exact) mass is 342 g/mol. The van der Waals surface area contributed by atoms with Crippen LogP contribution in [0.15, 0.2) is 42.5 Å². The molecule has 5 heteroatoms. The fourth-order valence-electron chi connectivity index (χ4n) is 2.83. The summed E-state index contributed by atoms with van der Waals surface area (Å²) in [6.45, 7) is 4.46. The molecule has 0 bridgehead atoms.